The van der Waals surface area contributed by atoms with Crippen LogP contribution in [-0.2, 0) is 0 Å². The van der Waals surface area contributed by atoms with Gasteiger partial charge in [-0.05, 0) is 109 Å². The van der Waals surface area contributed by atoms with E-state index in [2.05, 4.69) is 237 Å². The average molecular weight is 845 g/mol. The van der Waals surface area contributed by atoms with Crippen LogP contribution < -0.4 is 9.47 Å². The predicted octanol–water partition coefficient (Wildman–Crippen LogP) is 16.0. The first-order valence-electron chi connectivity index (χ1n) is 22.4. The van der Waals surface area contributed by atoms with Gasteiger partial charge in [-0.25, -0.2) is 0 Å². The molecule has 6 nitrogen and oxygen atoms in total. The van der Waals surface area contributed by atoms with Crippen molar-refractivity contribution in [3.63, 3.8) is 0 Å². The number of nitrogens with zero attached hydrogens (tertiary/aromatic N) is 4. The second-order valence-electron chi connectivity index (χ2n) is 17.3. The topological polar surface area (TPSA) is 38.2 Å². The lowest BCUT2D eigenvalue weighted by molar-refractivity contribution is 0.367. The van der Waals surface area contributed by atoms with E-state index < -0.39 is 0 Å². The summed E-state index contributed by atoms with van der Waals surface area (Å²) in [7, 11) is 0. The molecule has 4 aromatic heterocycles. The van der Waals surface area contributed by atoms with E-state index in [9.17, 15) is 0 Å². The Balaban J connectivity index is 0.895. The van der Waals surface area contributed by atoms with Gasteiger partial charge >= 0.3 is 0 Å². The molecule has 1 aliphatic heterocycles. The van der Waals surface area contributed by atoms with Gasteiger partial charge in [-0.3, -0.25) is 0 Å². The van der Waals surface area contributed by atoms with Crippen LogP contribution in [0.4, 0.5) is 0 Å². The summed E-state index contributed by atoms with van der Waals surface area (Å²) in [5.41, 5.74) is 13.5. The molecule has 0 fully saturated rings. The van der Waals surface area contributed by atoms with E-state index in [0.29, 0.717) is 11.5 Å². The fourth-order valence-corrected chi connectivity index (χ4v) is 11.1. The quantitative estimate of drug-likeness (QED) is 0.177. The van der Waals surface area contributed by atoms with Crippen LogP contribution in [0, 0.1) is 0 Å². The van der Waals surface area contributed by atoms with Crippen molar-refractivity contribution in [2.24, 2.45) is 0 Å². The zero-order valence-electron chi connectivity index (χ0n) is 35.4. The van der Waals surface area contributed by atoms with Crippen LogP contribution in [0.15, 0.2) is 218 Å². The molecule has 14 aromatic rings. The third kappa shape index (κ3) is 4.79. The molecule has 6 heteroatoms. The minimum Gasteiger partial charge on any atom is -0.449 e. The van der Waals surface area contributed by atoms with Crippen molar-refractivity contribution in [1.29, 1.82) is 0 Å². The molecule has 0 spiro atoms. The summed E-state index contributed by atoms with van der Waals surface area (Å²) in [5, 5.41) is 9.08. The van der Waals surface area contributed by atoms with E-state index in [1.807, 2.05) is 0 Å². The molecule has 66 heavy (non-hydrogen) atoms. The van der Waals surface area contributed by atoms with Gasteiger partial charge in [0.05, 0.1) is 54.9 Å². The van der Waals surface area contributed by atoms with Crippen LogP contribution in [0.5, 0.6) is 23.0 Å². The highest BCUT2D eigenvalue weighted by Crippen LogP contribution is 2.55. The van der Waals surface area contributed by atoms with Crippen molar-refractivity contribution >= 4 is 87.2 Å². The zero-order chi connectivity index (χ0) is 43.0. The summed E-state index contributed by atoms with van der Waals surface area (Å²) >= 11 is 0. The van der Waals surface area contributed by atoms with Gasteiger partial charge in [-0.1, -0.05) is 109 Å². The highest BCUT2D eigenvalue weighted by molar-refractivity contribution is 6.17. The highest BCUT2D eigenvalue weighted by atomic mass is 16.6. The number of hydrogen-bond donors (Lipinski definition) is 0. The molecule has 0 aliphatic carbocycles. The first-order chi connectivity index (χ1) is 32.8. The molecular weight excluding hydrogens is 809 g/mol. The lowest BCUT2D eigenvalue weighted by Gasteiger charge is -2.22. The van der Waals surface area contributed by atoms with Crippen LogP contribution in [0.25, 0.3) is 110 Å². The molecule has 0 N–H and O–H groups in total. The summed E-state index contributed by atoms with van der Waals surface area (Å²) in [6, 6.07) is 78.0. The lowest BCUT2D eigenvalue weighted by atomic mass is 10.1. The molecular formula is C60H36N4O2. The van der Waals surface area contributed by atoms with E-state index in [0.717, 1.165) is 77.9 Å². The van der Waals surface area contributed by atoms with Crippen molar-refractivity contribution in [2.75, 3.05) is 0 Å². The summed E-state index contributed by atoms with van der Waals surface area (Å²) < 4.78 is 23.6. The van der Waals surface area contributed by atoms with E-state index in [4.69, 9.17) is 9.47 Å². The molecule has 0 atom stereocenters. The number of fused-ring (bicyclic) bond motifs is 16. The smallest absolute Gasteiger partial charge is 0.180 e. The maximum Gasteiger partial charge on any atom is 0.180 e. The Bertz CT molecular complexity index is 4060. The van der Waals surface area contributed by atoms with Crippen molar-refractivity contribution in [3.05, 3.63) is 218 Å². The molecule has 0 unspecified atom stereocenters. The fraction of sp³-hybridized carbons (Fsp3) is 0. The monoisotopic (exact) mass is 844 g/mol. The van der Waals surface area contributed by atoms with E-state index in [-0.39, 0.29) is 0 Å². The average Bonchev–Trinajstić information content (AvgIpc) is 4.11. The number of rotatable bonds is 4. The van der Waals surface area contributed by atoms with Crippen LogP contribution >= 0.6 is 0 Å². The van der Waals surface area contributed by atoms with Gasteiger partial charge in [-0.15, -0.1) is 0 Å². The number of ether oxygens (including phenoxy) is 2. The van der Waals surface area contributed by atoms with Crippen LogP contribution in [0.3, 0.4) is 0 Å². The van der Waals surface area contributed by atoms with Crippen molar-refractivity contribution < 1.29 is 9.47 Å². The number of hydrogen-bond acceptors (Lipinski definition) is 2. The predicted molar refractivity (Wildman–Crippen MR) is 270 cm³/mol. The minimum absolute atomic E-state index is 0.693. The number of para-hydroxylation sites is 6. The SMILES string of the molecule is c1ccc(-n2c3ccccc3c3cc(-n4c5ccccc5c5c6c(ccc54)Oc4c(ccc5c4c4ccccc4n5-c4ccc5c(c4)c4ccccc4n5-c4ccccc4)O6)ccc32)cc1. The standard InChI is InChI=1S/C60H36N4O2/c1-3-15-37(16-4-1)61-47-23-11-7-19-41(47)45-35-39(27-29-51(45)61)63-49-25-13-9-21-43(49)57-53(63)31-33-55-59(57)65-56-34-32-54-58(60(56)66-55)44-22-10-14-26-50(44)64(54)40-28-30-52-46(36-40)42-20-8-12-24-48(42)62(52)38-17-5-2-6-18-38/h1-36H. The van der Waals surface area contributed by atoms with Crippen molar-refractivity contribution in [3.8, 4) is 45.7 Å². The largest absolute Gasteiger partial charge is 0.449 e. The van der Waals surface area contributed by atoms with E-state index >= 15 is 0 Å². The van der Waals surface area contributed by atoms with Gasteiger partial charge in [0.2, 0.25) is 0 Å². The Kier molecular flexibility index (Phi) is 7.13. The zero-order valence-corrected chi connectivity index (χ0v) is 35.4. The van der Waals surface area contributed by atoms with Crippen LogP contribution in [0.1, 0.15) is 0 Å². The third-order valence-corrected chi connectivity index (χ3v) is 13.8. The van der Waals surface area contributed by atoms with Gasteiger partial charge < -0.3 is 27.7 Å². The van der Waals surface area contributed by atoms with Crippen LogP contribution in [0.2, 0.25) is 0 Å². The maximum absolute atomic E-state index is 7.10. The highest BCUT2D eigenvalue weighted by Gasteiger charge is 2.29. The third-order valence-electron chi connectivity index (χ3n) is 13.8. The minimum atomic E-state index is 0.693. The second kappa shape index (κ2) is 13.3. The van der Waals surface area contributed by atoms with Gasteiger partial charge in [0, 0.05) is 55.1 Å². The molecule has 1 aliphatic rings. The Morgan fingerprint density at radius 2 is 0.545 bits per heavy atom. The number of aromatic nitrogens is 4. The summed E-state index contributed by atoms with van der Waals surface area (Å²) in [4.78, 5) is 0. The van der Waals surface area contributed by atoms with E-state index in [1.165, 1.54) is 43.6 Å². The first-order valence-corrected chi connectivity index (χ1v) is 22.4. The molecule has 308 valence electrons. The first kappa shape index (κ1) is 35.5. The summed E-state index contributed by atoms with van der Waals surface area (Å²) in [6.45, 7) is 0. The Morgan fingerprint density at radius 3 is 0.970 bits per heavy atom. The Hall–Kier alpha value is -9.00. The van der Waals surface area contributed by atoms with E-state index in [1.54, 1.807) is 0 Å². The molecule has 0 saturated carbocycles. The molecule has 0 amide bonds. The molecule has 0 bridgehead atoms. The molecule has 5 heterocycles. The molecule has 0 saturated heterocycles. The second-order valence-corrected chi connectivity index (χ2v) is 17.3. The Labute approximate surface area is 377 Å². The normalized spacial score (nSPS) is 12.5. The van der Waals surface area contributed by atoms with Crippen molar-refractivity contribution in [1.82, 2.24) is 18.3 Å². The molecule has 10 aromatic carbocycles. The van der Waals surface area contributed by atoms with Gasteiger partial charge in [-0.2, -0.15) is 0 Å². The summed E-state index contributed by atoms with van der Waals surface area (Å²) in [6.07, 6.45) is 0. The molecule has 0 radical (unpaired) electrons. The summed E-state index contributed by atoms with van der Waals surface area (Å²) in [5.74, 6) is 2.83. The van der Waals surface area contributed by atoms with Gasteiger partial charge in [0.15, 0.2) is 23.0 Å². The van der Waals surface area contributed by atoms with Gasteiger partial charge in [0.25, 0.3) is 0 Å². The van der Waals surface area contributed by atoms with Crippen molar-refractivity contribution in [2.45, 2.75) is 0 Å². The van der Waals surface area contributed by atoms with Crippen LogP contribution in [-0.4, -0.2) is 18.3 Å². The maximum atomic E-state index is 7.10. The van der Waals surface area contributed by atoms with Gasteiger partial charge in [0.1, 0.15) is 0 Å². The fourth-order valence-electron chi connectivity index (χ4n) is 11.1. The Morgan fingerprint density at radius 1 is 0.227 bits per heavy atom. The molecule has 15 rings (SSSR count). The lowest BCUT2D eigenvalue weighted by Crippen LogP contribution is -2.01. The number of benzene rings is 10.